The predicted molar refractivity (Wildman–Crippen MR) is 97.9 cm³/mol. The van der Waals surface area contributed by atoms with Gasteiger partial charge >= 0.3 is 5.97 Å². The molecule has 1 fully saturated rings. The van der Waals surface area contributed by atoms with Gasteiger partial charge in [0.15, 0.2) is 0 Å². The minimum Gasteiger partial charge on any atom is -0.480 e. The number of rotatable bonds is 7. The van der Waals surface area contributed by atoms with Crippen molar-refractivity contribution in [2.75, 3.05) is 4.72 Å². The highest BCUT2D eigenvalue weighted by molar-refractivity contribution is 7.94. The zero-order valence-electron chi connectivity index (χ0n) is 14.0. The summed E-state index contributed by atoms with van der Waals surface area (Å²) in [5.74, 6) is -1.49. The van der Waals surface area contributed by atoms with E-state index in [1.165, 1.54) is 24.0 Å². The van der Waals surface area contributed by atoms with Crippen molar-refractivity contribution in [2.24, 2.45) is 0 Å². The van der Waals surface area contributed by atoms with Gasteiger partial charge in [-0.3, -0.25) is 9.52 Å². The van der Waals surface area contributed by atoms with Crippen molar-refractivity contribution in [1.82, 2.24) is 4.90 Å². The molecule has 0 saturated heterocycles. The van der Waals surface area contributed by atoms with Crippen LogP contribution in [0.4, 0.5) is 5.69 Å². The molecule has 1 heterocycles. The normalized spacial score (nSPS) is 15.3. The molecule has 2 aromatic rings. The van der Waals surface area contributed by atoms with E-state index in [1.54, 1.807) is 29.6 Å². The Bertz CT molecular complexity index is 920. The van der Waals surface area contributed by atoms with Crippen molar-refractivity contribution >= 4 is 38.9 Å². The number of benzene rings is 1. The lowest BCUT2D eigenvalue weighted by Gasteiger charge is -2.26. The number of nitrogens with zero attached hydrogens (tertiary/aromatic N) is 1. The molecule has 0 aliphatic heterocycles. The summed E-state index contributed by atoms with van der Waals surface area (Å²) in [5, 5.41) is 10.9. The molecule has 9 heteroatoms. The summed E-state index contributed by atoms with van der Waals surface area (Å²) in [6, 6.07) is 8.19. The zero-order chi connectivity index (χ0) is 18.9. The molecular weight excluding hydrogens is 376 g/mol. The standard InChI is InChI=1S/C17H18N2O5S2/c1-11(17(21)22)19(14-7-8-14)16(20)12-4-2-5-13(10-12)18-26(23,24)15-6-3-9-25-15/h2-6,9-11,14,18H,7-8H2,1H3,(H,21,22). The van der Waals surface area contributed by atoms with Gasteiger partial charge in [-0.05, 0) is 49.4 Å². The number of hydrogen-bond acceptors (Lipinski definition) is 5. The predicted octanol–water partition coefficient (Wildman–Crippen LogP) is 2.63. The van der Waals surface area contributed by atoms with Crippen molar-refractivity contribution in [3.63, 3.8) is 0 Å². The van der Waals surface area contributed by atoms with Gasteiger partial charge in [-0.15, -0.1) is 11.3 Å². The minimum absolute atomic E-state index is 0.0833. The maximum absolute atomic E-state index is 12.8. The van der Waals surface area contributed by atoms with E-state index in [0.29, 0.717) is 0 Å². The highest BCUT2D eigenvalue weighted by Gasteiger charge is 2.38. The Hall–Kier alpha value is -2.39. The highest BCUT2D eigenvalue weighted by atomic mass is 32.2. The van der Waals surface area contributed by atoms with Gasteiger partial charge in [0.25, 0.3) is 15.9 Å². The second-order valence-corrected chi connectivity index (χ2v) is 8.93. The fourth-order valence-corrected chi connectivity index (χ4v) is 4.66. The van der Waals surface area contributed by atoms with Gasteiger partial charge in [-0.2, -0.15) is 0 Å². The van der Waals surface area contributed by atoms with E-state index in [-0.39, 0.29) is 21.5 Å². The van der Waals surface area contributed by atoms with Crippen LogP contribution in [0.15, 0.2) is 46.0 Å². The Kier molecular flexibility index (Phi) is 5.01. The molecule has 2 N–H and O–H groups in total. The van der Waals surface area contributed by atoms with Crippen LogP contribution in [0.25, 0.3) is 0 Å². The summed E-state index contributed by atoms with van der Waals surface area (Å²) in [4.78, 5) is 25.5. The maximum atomic E-state index is 12.8. The fraction of sp³-hybridized carbons (Fsp3) is 0.294. The number of carboxylic acid groups (broad SMARTS) is 1. The Morgan fingerprint density at radius 1 is 1.27 bits per heavy atom. The molecule has 1 aromatic carbocycles. The van der Waals surface area contributed by atoms with Crippen LogP contribution in [0, 0.1) is 0 Å². The molecule has 1 amide bonds. The van der Waals surface area contributed by atoms with Crippen molar-refractivity contribution in [3.8, 4) is 0 Å². The number of hydrogen-bond donors (Lipinski definition) is 2. The van der Waals surface area contributed by atoms with Crippen molar-refractivity contribution in [2.45, 2.75) is 36.1 Å². The molecule has 0 bridgehead atoms. The highest BCUT2D eigenvalue weighted by Crippen LogP contribution is 2.31. The number of carbonyl (C=O) groups is 2. The summed E-state index contributed by atoms with van der Waals surface area (Å²) >= 11 is 1.09. The van der Waals surface area contributed by atoms with E-state index in [4.69, 9.17) is 0 Å². The summed E-state index contributed by atoms with van der Waals surface area (Å²) in [7, 11) is -3.72. The quantitative estimate of drug-likeness (QED) is 0.751. The van der Waals surface area contributed by atoms with Gasteiger partial charge in [0.2, 0.25) is 0 Å². The monoisotopic (exact) mass is 394 g/mol. The number of carbonyl (C=O) groups excluding carboxylic acids is 1. The first-order chi connectivity index (χ1) is 12.3. The molecule has 1 unspecified atom stereocenters. The van der Waals surface area contributed by atoms with Gasteiger partial charge in [0, 0.05) is 17.3 Å². The van der Waals surface area contributed by atoms with Crippen LogP contribution in [0.3, 0.4) is 0 Å². The molecule has 1 atom stereocenters. The molecule has 0 spiro atoms. The lowest BCUT2D eigenvalue weighted by atomic mass is 10.1. The Morgan fingerprint density at radius 3 is 2.58 bits per heavy atom. The Morgan fingerprint density at radius 2 is 2.00 bits per heavy atom. The third kappa shape index (κ3) is 3.88. The number of nitrogens with one attached hydrogen (secondary N) is 1. The molecule has 1 aliphatic carbocycles. The average molecular weight is 394 g/mol. The van der Waals surface area contributed by atoms with E-state index in [0.717, 1.165) is 24.2 Å². The molecule has 138 valence electrons. The lowest BCUT2D eigenvalue weighted by molar-refractivity contribution is -0.141. The topological polar surface area (TPSA) is 104 Å². The van der Waals surface area contributed by atoms with Gasteiger partial charge < -0.3 is 10.0 Å². The van der Waals surface area contributed by atoms with E-state index < -0.39 is 27.9 Å². The summed E-state index contributed by atoms with van der Waals surface area (Å²) < 4.78 is 27.3. The first-order valence-corrected chi connectivity index (χ1v) is 10.4. The summed E-state index contributed by atoms with van der Waals surface area (Å²) in [6.07, 6.45) is 1.54. The Labute approximate surface area is 155 Å². The van der Waals surface area contributed by atoms with E-state index >= 15 is 0 Å². The van der Waals surface area contributed by atoms with Crippen LogP contribution >= 0.6 is 11.3 Å². The number of thiophene rings is 1. The SMILES string of the molecule is CC(C(=O)O)N(C(=O)c1cccc(NS(=O)(=O)c2cccs2)c1)C1CC1. The molecule has 3 rings (SSSR count). The van der Waals surface area contributed by atoms with Gasteiger partial charge in [0.05, 0.1) is 0 Å². The molecule has 1 aliphatic rings. The van der Waals surface area contributed by atoms with Gasteiger partial charge in [0.1, 0.15) is 10.3 Å². The number of aliphatic carboxylic acids is 1. The van der Waals surface area contributed by atoms with E-state index in [9.17, 15) is 23.1 Å². The molecule has 26 heavy (non-hydrogen) atoms. The largest absolute Gasteiger partial charge is 0.480 e. The smallest absolute Gasteiger partial charge is 0.326 e. The van der Waals surface area contributed by atoms with Crippen LogP contribution in [-0.4, -0.2) is 42.4 Å². The van der Waals surface area contributed by atoms with Crippen LogP contribution in [-0.2, 0) is 14.8 Å². The number of anilines is 1. The zero-order valence-corrected chi connectivity index (χ0v) is 15.6. The van der Waals surface area contributed by atoms with Crippen molar-refractivity contribution in [1.29, 1.82) is 0 Å². The molecule has 1 aromatic heterocycles. The summed E-state index contributed by atoms with van der Waals surface area (Å²) in [5.41, 5.74) is 0.499. The van der Waals surface area contributed by atoms with Crippen molar-refractivity contribution in [3.05, 3.63) is 47.3 Å². The molecule has 7 nitrogen and oxygen atoms in total. The molecule has 0 radical (unpaired) electrons. The van der Waals surface area contributed by atoms with Gasteiger partial charge in [-0.1, -0.05) is 12.1 Å². The third-order valence-electron chi connectivity index (χ3n) is 4.07. The van der Waals surface area contributed by atoms with Crippen molar-refractivity contribution < 1.29 is 23.1 Å². The van der Waals surface area contributed by atoms with Crippen LogP contribution in [0.5, 0.6) is 0 Å². The average Bonchev–Trinajstić information content (AvgIpc) is 3.24. The number of carboxylic acids is 1. The number of sulfonamides is 1. The molecular formula is C17H18N2O5S2. The number of amides is 1. The third-order valence-corrected chi connectivity index (χ3v) is 6.85. The van der Waals surface area contributed by atoms with Crippen LogP contribution in [0.1, 0.15) is 30.1 Å². The van der Waals surface area contributed by atoms with Gasteiger partial charge in [-0.25, -0.2) is 13.2 Å². The minimum atomic E-state index is -3.72. The first kappa shape index (κ1) is 18.4. The summed E-state index contributed by atoms with van der Waals surface area (Å²) in [6.45, 7) is 1.47. The second-order valence-electron chi connectivity index (χ2n) is 6.08. The maximum Gasteiger partial charge on any atom is 0.326 e. The lowest BCUT2D eigenvalue weighted by Crippen LogP contribution is -2.44. The van der Waals surface area contributed by atoms with E-state index in [2.05, 4.69) is 4.72 Å². The Balaban J connectivity index is 1.84. The second kappa shape index (κ2) is 7.08. The van der Waals surface area contributed by atoms with E-state index in [1.807, 2.05) is 0 Å². The van der Waals surface area contributed by atoms with Crippen LogP contribution < -0.4 is 4.72 Å². The van der Waals surface area contributed by atoms with Crippen LogP contribution in [0.2, 0.25) is 0 Å². The first-order valence-electron chi connectivity index (χ1n) is 8.01. The molecule has 1 saturated carbocycles. The fourth-order valence-electron chi connectivity index (χ4n) is 2.62.